The van der Waals surface area contributed by atoms with Gasteiger partial charge in [-0.2, -0.15) is 0 Å². The lowest BCUT2D eigenvalue weighted by Gasteiger charge is -2.11. The number of carbonyl (C=O) groups excluding carboxylic acids is 1. The van der Waals surface area contributed by atoms with Gasteiger partial charge >= 0.3 is 12.0 Å². The molecule has 2 unspecified atom stereocenters. The van der Waals surface area contributed by atoms with E-state index in [2.05, 4.69) is 17.6 Å². The highest BCUT2D eigenvalue weighted by Gasteiger charge is 2.34. The van der Waals surface area contributed by atoms with E-state index in [0.29, 0.717) is 11.6 Å². The number of carboxylic acids is 1. The molecule has 5 nitrogen and oxygen atoms in total. The minimum absolute atomic E-state index is 0.0905. The fourth-order valence-corrected chi connectivity index (χ4v) is 2.37. The molecule has 1 saturated carbocycles. The van der Waals surface area contributed by atoms with Crippen molar-refractivity contribution in [3.8, 4) is 0 Å². The lowest BCUT2D eigenvalue weighted by atomic mass is 10.0. The molecule has 0 bridgehead atoms. The second-order valence-corrected chi connectivity index (χ2v) is 5.47. The zero-order chi connectivity index (χ0) is 15.0. The Labute approximate surface area is 122 Å². The zero-order valence-corrected chi connectivity index (χ0v) is 11.6. The predicted octanol–water partition coefficient (Wildman–Crippen LogP) is 3.07. The number of hydrogen-bond donors (Lipinski definition) is 3. The van der Waals surface area contributed by atoms with Gasteiger partial charge in [-0.1, -0.05) is 31.2 Å². The van der Waals surface area contributed by atoms with E-state index in [-0.39, 0.29) is 17.6 Å². The second-order valence-electron chi connectivity index (χ2n) is 5.47. The van der Waals surface area contributed by atoms with Crippen molar-refractivity contribution < 1.29 is 14.7 Å². The van der Waals surface area contributed by atoms with Gasteiger partial charge in [-0.3, -0.25) is 0 Å². The van der Waals surface area contributed by atoms with E-state index < -0.39 is 5.97 Å². The molecular formula is C16H16N2O3. The number of urea groups is 1. The van der Waals surface area contributed by atoms with Crippen molar-refractivity contribution in [3.63, 3.8) is 0 Å². The summed E-state index contributed by atoms with van der Waals surface area (Å²) in [6.45, 7) is 2.06. The molecule has 1 aliphatic rings. The summed E-state index contributed by atoms with van der Waals surface area (Å²) in [5, 5.41) is 16.5. The van der Waals surface area contributed by atoms with Gasteiger partial charge in [-0.15, -0.1) is 0 Å². The molecule has 1 aliphatic carbocycles. The minimum Gasteiger partial charge on any atom is -0.478 e. The van der Waals surface area contributed by atoms with Gasteiger partial charge in [0.05, 0.1) is 11.3 Å². The van der Waals surface area contributed by atoms with Crippen LogP contribution in [0.5, 0.6) is 0 Å². The van der Waals surface area contributed by atoms with Gasteiger partial charge in [0.15, 0.2) is 0 Å². The largest absolute Gasteiger partial charge is 0.478 e. The van der Waals surface area contributed by atoms with Crippen molar-refractivity contribution >= 4 is 28.5 Å². The third-order valence-corrected chi connectivity index (χ3v) is 3.79. The maximum absolute atomic E-state index is 11.9. The van der Waals surface area contributed by atoms with Crippen molar-refractivity contribution in [2.24, 2.45) is 5.92 Å². The number of nitrogens with one attached hydrogen (secondary N) is 2. The summed E-state index contributed by atoms with van der Waals surface area (Å²) >= 11 is 0. The molecule has 108 valence electrons. The highest BCUT2D eigenvalue weighted by molar-refractivity contribution is 6.04. The molecule has 5 heteroatoms. The number of benzene rings is 2. The number of carboxylic acid groups (broad SMARTS) is 1. The quantitative estimate of drug-likeness (QED) is 0.810. The predicted molar refractivity (Wildman–Crippen MR) is 80.6 cm³/mol. The Morgan fingerprint density at radius 1 is 1.19 bits per heavy atom. The zero-order valence-electron chi connectivity index (χ0n) is 11.6. The molecule has 0 radical (unpaired) electrons. The van der Waals surface area contributed by atoms with Crippen LogP contribution in [0.4, 0.5) is 10.5 Å². The van der Waals surface area contributed by atoms with Crippen molar-refractivity contribution in [1.82, 2.24) is 5.32 Å². The summed E-state index contributed by atoms with van der Waals surface area (Å²) < 4.78 is 0. The molecule has 0 spiro atoms. The van der Waals surface area contributed by atoms with E-state index in [0.717, 1.165) is 17.2 Å². The molecule has 2 atom stereocenters. The number of carbonyl (C=O) groups is 2. The Balaban J connectivity index is 1.90. The fourth-order valence-electron chi connectivity index (χ4n) is 2.37. The summed E-state index contributed by atoms with van der Waals surface area (Å²) in [5.41, 5.74) is 0.402. The third-order valence-electron chi connectivity index (χ3n) is 3.79. The first-order chi connectivity index (χ1) is 10.0. The Bertz CT molecular complexity index is 727. The lowest BCUT2D eigenvalue weighted by molar-refractivity contribution is 0.0698. The van der Waals surface area contributed by atoms with E-state index in [1.54, 1.807) is 12.1 Å². The molecule has 1 fully saturated rings. The fraction of sp³-hybridized carbons (Fsp3) is 0.250. The Morgan fingerprint density at radius 2 is 1.81 bits per heavy atom. The van der Waals surface area contributed by atoms with Crippen LogP contribution < -0.4 is 10.6 Å². The summed E-state index contributed by atoms with van der Waals surface area (Å²) in [7, 11) is 0. The molecule has 3 rings (SSSR count). The molecule has 0 aromatic heterocycles. The SMILES string of the molecule is CC1CC1NC(=O)Nc1cc2ccccc2cc1C(=O)O. The molecule has 0 aliphatic heterocycles. The first kappa shape index (κ1) is 13.4. The standard InChI is InChI=1S/C16H16N2O3/c1-9-6-13(9)17-16(21)18-14-8-11-5-3-2-4-10(11)7-12(14)15(19)20/h2-5,7-9,13H,6H2,1H3,(H,19,20)(H2,17,18,21). The van der Waals surface area contributed by atoms with Crippen molar-refractivity contribution in [3.05, 3.63) is 42.0 Å². The maximum atomic E-state index is 11.9. The van der Waals surface area contributed by atoms with E-state index in [1.807, 2.05) is 24.3 Å². The van der Waals surface area contributed by atoms with Gasteiger partial charge in [-0.25, -0.2) is 9.59 Å². The topological polar surface area (TPSA) is 78.4 Å². The van der Waals surface area contributed by atoms with Crippen LogP contribution in [0.3, 0.4) is 0 Å². The number of hydrogen-bond acceptors (Lipinski definition) is 2. The summed E-state index contributed by atoms with van der Waals surface area (Å²) in [6, 6.07) is 10.5. The third kappa shape index (κ3) is 2.81. The smallest absolute Gasteiger partial charge is 0.337 e. The average molecular weight is 284 g/mol. The van der Waals surface area contributed by atoms with Crippen molar-refractivity contribution in [2.75, 3.05) is 5.32 Å². The Morgan fingerprint density at radius 3 is 2.38 bits per heavy atom. The van der Waals surface area contributed by atoms with Crippen LogP contribution in [0, 0.1) is 5.92 Å². The van der Waals surface area contributed by atoms with Crippen LogP contribution in [0.25, 0.3) is 10.8 Å². The molecule has 3 N–H and O–H groups in total. The highest BCUT2D eigenvalue weighted by atomic mass is 16.4. The van der Waals surface area contributed by atoms with Gasteiger partial charge in [0, 0.05) is 6.04 Å². The molecule has 2 amide bonds. The first-order valence-corrected chi connectivity index (χ1v) is 6.88. The Kier molecular flexibility index (Phi) is 3.25. The summed E-state index contributed by atoms with van der Waals surface area (Å²) in [6.07, 6.45) is 0.969. The van der Waals surface area contributed by atoms with E-state index >= 15 is 0 Å². The monoisotopic (exact) mass is 284 g/mol. The first-order valence-electron chi connectivity index (χ1n) is 6.88. The average Bonchev–Trinajstić information content (AvgIpc) is 3.12. The molecule has 2 aromatic carbocycles. The van der Waals surface area contributed by atoms with Gasteiger partial charge in [0.2, 0.25) is 0 Å². The second kappa shape index (κ2) is 5.09. The minimum atomic E-state index is -1.06. The van der Waals surface area contributed by atoms with Crippen LogP contribution >= 0.6 is 0 Å². The number of anilines is 1. The van der Waals surface area contributed by atoms with E-state index in [9.17, 15) is 14.7 Å². The van der Waals surface area contributed by atoms with Crippen LogP contribution in [-0.2, 0) is 0 Å². The molecule has 0 saturated heterocycles. The maximum Gasteiger partial charge on any atom is 0.337 e. The number of rotatable bonds is 3. The lowest BCUT2D eigenvalue weighted by Crippen LogP contribution is -2.31. The van der Waals surface area contributed by atoms with Crippen LogP contribution in [0.1, 0.15) is 23.7 Å². The summed E-state index contributed by atoms with van der Waals surface area (Å²) in [5.74, 6) is -0.567. The van der Waals surface area contributed by atoms with Crippen molar-refractivity contribution in [1.29, 1.82) is 0 Å². The summed E-state index contributed by atoms with van der Waals surface area (Å²) in [4.78, 5) is 23.3. The normalized spacial score (nSPS) is 20.0. The van der Waals surface area contributed by atoms with Crippen molar-refractivity contribution in [2.45, 2.75) is 19.4 Å². The molecule has 2 aromatic rings. The number of fused-ring (bicyclic) bond motifs is 1. The van der Waals surface area contributed by atoms with Crippen LogP contribution in [0.2, 0.25) is 0 Å². The van der Waals surface area contributed by atoms with Gasteiger partial charge in [0.25, 0.3) is 0 Å². The highest BCUT2D eigenvalue weighted by Crippen LogP contribution is 2.29. The van der Waals surface area contributed by atoms with Crippen LogP contribution in [-0.4, -0.2) is 23.1 Å². The number of aromatic carboxylic acids is 1. The van der Waals surface area contributed by atoms with E-state index in [1.165, 1.54) is 0 Å². The van der Waals surface area contributed by atoms with Crippen LogP contribution in [0.15, 0.2) is 36.4 Å². The molecule has 0 heterocycles. The van der Waals surface area contributed by atoms with Gasteiger partial charge < -0.3 is 15.7 Å². The number of amides is 2. The molecular weight excluding hydrogens is 268 g/mol. The van der Waals surface area contributed by atoms with Gasteiger partial charge in [-0.05, 0) is 35.2 Å². The van der Waals surface area contributed by atoms with E-state index in [4.69, 9.17) is 0 Å². The molecule has 21 heavy (non-hydrogen) atoms. The Hall–Kier alpha value is -2.56. The van der Waals surface area contributed by atoms with Gasteiger partial charge in [0.1, 0.15) is 0 Å².